The average molecular weight is 632 g/mol. The maximum atomic E-state index is 13.5. The van der Waals surface area contributed by atoms with E-state index in [1.807, 2.05) is 6.07 Å². The first-order valence-corrected chi connectivity index (χ1v) is 14.6. The number of carbonyl (C=O) groups is 3. The summed E-state index contributed by atoms with van der Waals surface area (Å²) in [4.78, 5) is 39.8. The van der Waals surface area contributed by atoms with Gasteiger partial charge >= 0.3 is 0 Å². The summed E-state index contributed by atoms with van der Waals surface area (Å²) in [6, 6.07) is 25.8. The zero-order valence-corrected chi connectivity index (χ0v) is 25.8. The third-order valence-corrected chi connectivity index (χ3v) is 7.43. The van der Waals surface area contributed by atoms with Crippen molar-refractivity contribution in [3.8, 4) is 17.2 Å². The van der Waals surface area contributed by atoms with Crippen LogP contribution in [-0.4, -0.2) is 44.8 Å². The van der Waals surface area contributed by atoms with Gasteiger partial charge in [-0.15, -0.1) is 11.8 Å². The predicted molar refractivity (Wildman–Crippen MR) is 174 cm³/mol. The topological polar surface area (TPSA) is 115 Å². The molecule has 9 nitrogen and oxygen atoms in total. The Morgan fingerprint density at radius 3 is 2.16 bits per heavy atom. The maximum Gasteiger partial charge on any atom is 0.272 e. The first-order chi connectivity index (χ1) is 21.3. The number of hydrogen-bond acceptors (Lipinski definition) is 7. The summed E-state index contributed by atoms with van der Waals surface area (Å²) >= 11 is 7.44. The molecule has 0 saturated heterocycles. The molecule has 226 valence electrons. The van der Waals surface area contributed by atoms with Crippen LogP contribution in [0.2, 0.25) is 5.02 Å². The molecular weight excluding hydrogens is 602 g/mol. The van der Waals surface area contributed by atoms with Gasteiger partial charge in [0.25, 0.3) is 11.8 Å². The van der Waals surface area contributed by atoms with Crippen LogP contribution in [0.1, 0.15) is 15.9 Å². The number of benzene rings is 4. The highest BCUT2D eigenvalue weighted by molar-refractivity contribution is 8.00. The molecule has 3 N–H and O–H groups in total. The maximum absolute atomic E-state index is 13.5. The van der Waals surface area contributed by atoms with Crippen LogP contribution in [-0.2, 0) is 9.59 Å². The van der Waals surface area contributed by atoms with E-state index in [1.165, 1.54) is 33.1 Å². The van der Waals surface area contributed by atoms with Crippen molar-refractivity contribution in [2.45, 2.75) is 4.90 Å². The fraction of sp³-hybridized carbons (Fsp3) is 0.121. The Morgan fingerprint density at radius 1 is 0.750 bits per heavy atom. The monoisotopic (exact) mass is 631 g/mol. The molecule has 0 saturated carbocycles. The lowest BCUT2D eigenvalue weighted by atomic mass is 10.1. The number of hydrogen-bond donors (Lipinski definition) is 3. The molecule has 0 unspecified atom stereocenters. The van der Waals surface area contributed by atoms with E-state index in [-0.39, 0.29) is 17.4 Å². The van der Waals surface area contributed by atoms with E-state index in [0.717, 1.165) is 4.90 Å². The molecule has 0 radical (unpaired) electrons. The summed E-state index contributed by atoms with van der Waals surface area (Å²) in [7, 11) is 4.56. The Hall–Kier alpha value is -4.93. The van der Waals surface area contributed by atoms with Crippen LogP contribution in [0.4, 0.5) is 11.4 Å². The van der Waals surface area contributed by atoms with E-state index < -0.39 is 11.8 Å². The van der Waals surface area contributed by atoms with Crippen molar-refractivity contribution in [2.75, 3.05) is 37.7 Å². The molecule has 0 spiro atoms. The minimum Gasteiger partial charge on any atom is -0.495 e. The third-order valence-electron chi connectivity index (χ3n) is 6.14. The molecule has 0 aromatic heterocycles. The normalized spacial score (nSPS) is 10.9. The fourth-order valence-electron chi connectivity index (χ4n) is 4.00. The van der Waals surface area contributed by atoms with Crippen LogP contribution < -0.4 is 30.2 Å². The van der Waals surface area contributed by atoms with Crippen molar-refractivity contribution in [3.63, 3.8) is 0 Å². The Morgan fingerprint density at radius 2 is 1.45 bits per heavy atom. The molecular formula is C33H30ClN3O6S. The minimum atomic E-state index is -0.541. The molecule has 0 aliphatic heterocycles. The highest BCUT2D eigenvalue weighted by Gasteiger charge is 2.16. The average Bonchev–Trinajstić information content (AvgIpc) is 3.04. The van der Waals surface area contributed by atoms with E-state index in [9.17, 15) is 14.4 Å². The van der Waals surface area contributed by atoms with Crippen molar-refractivity contribution in [3.05, 3.63) is 113 Å². The number of rotatable bonds is 12. The lowest BCUT2D eigenvalue weighted by molar-refractivity contribution is -0.114. The fourth-order valence-corrected chi connectivity index (χ4v) is 5.02. The largest absolute Gasteiger partial charge is 0.495 e. The molecule has 0 heterocycles. The second-order valence-corrected chi connectivity index (χ2v) is 10.6. The number of ether oxygens (including phenoxy) is 3. The van der Waals surface area contributed by atoms with Gasteiger partial charge in [0.1, 0.15) is 11.4 Å². The molecule has 44 heavy (non-hydrogen) atoms. The van der Waals surface area contributed by atoms with Gasteiger partial charge in [0.2, 0.25) is 5.91 Å². The van der Waals surface area contributed by atoms with Gasteiger partial charge in [-0.1, -0.05) is 41.9 Å². The molecule has 4 rings (SSSR count). The number of nitrogens with one attached hydrogen (secondary N) is 3. The smallest absolute Gasteiger partial charge is 0.272 e. The lowest BCUT2D eigenvalue weighted by Gasteiger charge is -2.13. The zero-order chi connectivity index (χ0) is 31.5. The number of halogens is 1. The van der Waals surface area contributed by atoms with E-state index in [0.29, 0.717) is 44.8 Å². The number of methoxy groups -OCH3 is 3. The summed E-state index contributed by atoms with van der Waals surface area (Å²) in [6.45, 7) is 0. The van der Waals surface area contributed by atoms with Gasteiger partial charge < -0.3 is 30.2 Å². The van der Waals surface area contributed by atoms with E-state index in [4.69, 9.17) is 25.8 Å². The Kier molecular flexibility index (Phi) is 11.3. The first-order valence-electron chi connectivity index (χ1n) is 13.3. The lowest BCUT2D eigenvalue weighted by Crippen LogP contribution is -2.30. The van der Waals surface area contributed by atoms with Gasteiger partial charge in [-0.2, -0.15) is 0 Å². The number of anilines is 2. The molecule has 0 aliphatic carbocycles. The van der Waals surface area contributed by atoms with Gasteiger partial charge in [0.15, 0.2) is 11.5 Å². The molecule has 3 amide bonds. The summed E-state index contributed by atoms with van der Waals surface area (Å²) in [6.07, 6.45) is 1.55. The summed E-state index contributed by atoms with van der Waals surface area (Å²) in [5.41, 5.74) is 2.05. The van der Waals surface area contributed by atoms with Crippen molar-refractivity contribution < 1.29 is 28.6 Å². The summed E-state index contributed by atoms with van der Waals surface area (Å²) in [5, 5.41) is 8.75. The minimum absolute atomic E-state index is 0.0154. The van der Waals surface area contributed by atoms with Gasteiger partial charge in [-0.05, 0) is 72.3 Å². The van der Waals surface area contributed by atoms with E-state index >= 15 is 0 Å². The van der Waals surface area contributed by atoms with Crippen LogP contribution in [0.5, 0.6) is 17.2 Å². The molecule has 0 bridgehead atoms. The Labute approximate surface area is 264 Å². The van der Waals surface area contributed by atoms with Crippen molar-refractivity contribution in [2.24, 2.45) is 0 Å². The number of amides is 3. The van der Waals surface area contributed by atoms with Gasteiger partial charge in [0, 0.05) is 21.8 Å². The van der Waals surface area contributed by atoms with Gasteiger partial charge in [-0.3, -0.25) is 14.4 Å². The highest BCUT2D eigenvalue weighted by atomic mass is 35.5. The SMILES string of the molecule is COc1ccc(NC(=O)CSc2cccc(NC(=O)/C(=C\c3ccc(OC)c(OC)c3)NC(=O)c3ccccc3)c2)cc1Cl. The number of thioether (sulfide) groups is 1. The second-order valence-electron chi connectivity index (χ2n) is 9.16. The molecule has 4 aromatic rings. The van der Waals surface area contributed by atoms with Crippen LogP contribution in [0.25, 0.3) is 6.08 Å². The highest BCUT2D eigenvalue weighted by Crippen LogP contribution is 2.29. The van der Waals surface area contributed by atoms with E-state index in [2.05, 4.69) is 16.0 Å². The molecule has 0 fully saturated rings. The quantitative estimate of drug-likeness (QED) is 0.121. The third kappa shape index (κ3) is 8.79. The molecule has 4 aromatic carbocycles. The Bertz CT molecular complexity index is 1680. The molecule has 0 atom stereocenters. The first kappa shape index (κ1) is 32.0. The van der Waals surface area contributed by atoms with Gasteiger partial charge in [0.05, 0.1) is 32.1 Å². The summed E-state index contributed by atoms with van der Waals surface area (Å²) < 4.78 is 15.8. The van der Waals surface area contributed by atoms with Crippen molar-refractivity contribution >= 4 is 58.5 Å². The summed E-state index contributed by atoms with van der Waals surface area (Å²) in [5.74, 6) is 0.424. The Balaban J connectivity index is 1.48. The van der Waals surface area contributed by atoms with Crippen molar-refractivity contribution in [1.29, 1.82) is 0 Å². The predicted octanol–water partition coefficient (Wildman–Crippen LogP) is 6.51. The van der Waals surface area contributed by atoms with Crippen LogP contribution in [0.15, 0.2) is 102 Å². The standard InChI is InChI=1S/C33H30ClN3O6S/c1-41-28-15-13-24(19-26(28)34)35-31(38)20-44-25-11-7-10-23(18-25)36-33(40)27(37-32(39)22-8-5-4-6-9-22)16-21-12-14-29(42-2)30(17-21)43-3/h4-19H,20H2,1-3H3,(H,35,38)(H,36,40)(H,37,39)/b27-16+. The van der Waals surface area contributed by atoms with Gasteiger partial charge in [-0.25, -0.2) is 0 Å². The van der Waals surface area contributed by atoms with Crippen LogP contribution in [0, 0.1) is 0 Å². The number of carbonyl (C=O) groups excluding carboxylic acids is 3. The molecule has 0 aliphatic rings. The second kappa shape index (κ2) is 15.5. The van der Waals surface area contributed by atoms with Crippen LogP contribution >= 0.6 is 23.4 Å². The van der Waals surface area contributed by atoms with Crippen molar-refractivity contribution in [1.82, 2.24) is 5.32 Å². The van der Waals surface area contributed by atoms with Crippen LogP contribution in [0.3, 0.4) is 0 Å². The van der Waals surface area contributed by atoms with E-state index in [1.54, 1.807) is 91.0 Å². The molecule has 11 heteroatoms. The zero-order valence-electron chi connectivity index (χ0n) is 24.2.